The van der Waals surface area contributed by atoms with Crippen molar-refractivity contribution in [3.63, 3.8) is 0 Å². The highest BCUT2D eigenvalue weighted by Crippen LogP contribution is 2.22. The van der Waals surface area contributed by atoms with Gasteiger partial charge in [0.05, 0.1) is 16.7 Å². The molecule has 1 N–H and O–H groups in total. The molecule has 0 saturated heterocycles. The minimum Gasteiger partial charge on any atom is -0.198 e. The van der Waals surface area contributed by atoms with E-state index in [-0.39, 0.29) is 0 Å². The summed E-state index contributed by atoms with van der Waals surface area (Å²) in [5, 5.41) is 10.1. The molecule has 0 saturated carbocycles. The number of hydrogen-bond donors (Lipinski definition) is 1. The smallest absolute Gasteiger partial charge is 0.0960 e. The minimum absolute atomic E-state index is 0.344. The van der Waals surface area contributed by atoms with Crippen LogP contribution < -0.4 is 0 Å². The third-order valence-corrected chi connectivity index (χ3v) is 2.23. The first-order chi connectivity index (χ1) is 4.34. The molecule has 4 heteroatoms. The average Bonchev–Trinajstić information content (AvgIpc) is 2.37. The van der Waals surface area contributed by atoms with E-state index in [9.17, 15) is 0 Å². The van der Waals surface area contributed by atoms with Crippen LogP contribution in [0.2, 0.25) is 0 Å². The molecular weight excluding hydrogens is 182 g/mol. The highest BCUT2D eigenvalue weighted by molar-refractivity contribution is 9.09. The van der Waals surface area contributed by atoms with Gasteiger partial charge in [-0.05, 0) is 6.42 Å². The largest absolute Gasteiger partial charge is 0.198 e. The van der Waals surface area contributed by atoms with E-state index in [1.165, 1.54) is 0 Å². The van der Waals surface area contributed by atoms with Gasteiger partial charge in [0.15, 0.2) is 0 Å². The second-order valence-corrected chi connectivity index (χ2v) is 2.88. The molecule has 3 nitrogen and oxygen atoms in total. The Morgan fingerprint density at radius 3 is 3.11 bits per heavy atom. The lowest BCUT2D eigenvalue weighted by molar-refractivity contribution is 0.846. The van der Waals surface area contributed by atoms with Crippen molar-refractivity contribution in [3.05, 3.63) is 11.9 Å². The van der Waals surface area contributed by atoms with Crippen LogP contribution in [0.15, 0.2) is 6.20 Å². The first kappa shape index (κ1) is 6.74. The van der Waals surface area contributed by atoms with Crippen LogP contribution in [0.3, 0.4) is 0 Å². The quantitative estimate of drug-likeness (QED) is 0.720. The second kappa shape index (κ2) is 2.96. The van der Waals surface area contributed by atoms with Crippen molar-refractivity contribution >= 4 is 15.9 Å². The van der Waals surface area contributed by atoms with Gasteiger partial charge in [-0.3, -0.25) is 0 Å². The maximum atomic E-state index is 3.90. The summed E-state index contributed by atoms with van der Waals surface area (Å²) in [6.07, 6.45) is 2.76. The topological polar surface area (TPSA) is 41.6 Å². The number of nitrogens with zero attached hydrogens (tertiary/aromatic N) is 2. The van der Waals surface area contributed by atoms with E-state index in [1.54, 1.807) is 6.20 Å². The van der Waals surface area contributed by atoms with Crippen molar-refractivity contribution in [2.24, 2.45) is 0 Å². The fraction of sp³-hybridized carbons (Fsp3) is 0.600. The van der Waals surface area contributed by atoms with Crippen LogP contribution >= 0.6 is 15.9 Å². The number of H-pyrrole nitrogens is 1. The van der Waals surface area contributed by atoms with Gasteiger partial charge in [-0.2, -0.15) is 15.4 Å². The number of hydrogen-bond acceptors (Lipinski definition) is 2. The van der Waals surface area contributed by atoms with Crippen molar-refractivity contribution in [2.75, 3.05) is 0 Å². The maximum absolute atomic E-state index is 3.90. The molecule has 0 fully saturated rings. The molecule has 0 spiro atoms. The molecule has 1 heterocycles. The molecule has 1 aromatic heterocycles. The Morgan fingerprint density at radius 1 is 1.89 bits per heavy atom. The lowest BCUT2D eigenvalue weighted by Crippen LogP contribution is -1.86. The normalized spacial score (nSPS) is 13.6. The third kappa shape index (κ3) is 1.51. The minimum atomic E-state index is 0.344. The molecule has 0 aliphatic heterocycles. The van der Waals surface area contributed by atoms with Crippen molar-refractivity contribution < 1.29 is 0 Å². The predicted octanol–water partition coefficient (Wildman–Crippen LogP) is 1.65. The summed E-state index contributed by atoms with van der Waals surface area (Å²) in [5.74, 6) is 0. The van der Waals surface area contributed by atoms with Crippen LogP contribution in [-0.4, -0.2) is 15.4 Å². The van der Waals surface area contributed by atoms with Crippen LogP contribution in [0.5, 0.6) is 0 Å². The van der Waals surface area contributed by atoms with E-state index in [0.29, 0.717) is 4.83 Å². The average molecular weight is 190 g/mol. The Morgan fingerprint density at radius 2 is 2.67 bits per heavy atom. The van der Waals surface area contributed by atoms with Gasteiger partial charge >= 0.3 is 0 Å². The van der Waals surface area contributed by atoms with E-state index in [2.05, 4.69) is 38.3 Å². The number of aromatic amines is 1. The van der Waals surface area contributed by atoms with Gasteiger partial charge < -0.3 is 0 Å². The highest BCUT2D eigenvalue weighted by atomic mass is 79.9. The lowest BCUT2D eigenvalue weighted by atomic mass is 10.3. The molecule has 0 aliphatic rings. The third-order valence-electron chi connectivity index (χ3n) is 1.11. The van der Waals surface area contributed by atoms with E-state index in [1.807, 2.05) is 0 Å². The SMILES string of the molecule is CCC(Br)c1cn[nH]n1. The summed E-state index contributed by atoms with van der Waals surface area (Å²) < 4.78 is 0. The van der Waals surface area contributed by atoms with Gasteiger partial charge in [0.25, 0.3) is 0 Å². The number of nitrogens with one attached hydrogen (secondary N) is 1. The van der Waals surface area contributed by atoms with Crippen LogP contribution in [0.4, 0.5) is 0 Å². The molecule has 1 atom stereocenters. The van der Waals surface area contributed by atoms with Crippen LogP contribution in [0, 0.1) is 0 Å². The molecule has 0 bridgehead atoms. The number of rotatable bonds is 2. The van der Waals surface area contributed by atoms with Gasteiger partial charge in [0.2, 0.25) is 0 Å². The summed E-state index contributed by atoms with van der Waals surface area (Å²) in [4.78, 5) is 0.344. The molecule has 50 valence electrons. The van der Waals surface area contributed by atoms with Gasteiger partial charge in [-0.1, -0.05) is 22.9 Å². The van der Waals surface area contributed by atoms with E-state index < -0.39 is 0 Å². The zero-order chi connectivity index (χ0) is 6.69. The fourth-order valence-electron chi connectivity index (χ4n) is 0.571. The van der Waals surface area contributed by atoms with Crippen LogP contribution in [0.25, 0.3) is 0 Å². The van der Waals surface area contributed by atoms with Crippen molar-refractivity contribution in [1.29, 1.82) is 0 Å². The summed E-state index contributed by atoms with van der Waals surface area (Å²) in [6, 6.07) is 0. The van der Waals surface area contributed by atoms with Gasteiger partial charge in [0.1, 0.15) is 0 Å². The van der Waals surface area contributed by atoms with Gasteiger partial charge in [-0.15, -0.1) is 0 Å². The molecule has 0 amide bonds. The second-order valence-electron chi connectivity index (χ2n) is 1.77. The lowest BCUT2D eigenvalue weighted by Gasteiger charge is -1.97. The molecule has 0 aliphatic carbocycles. The summed E-state index contributed by atoms with van der Waals surface area (Å²) in [6.45, 7) is 2.09. The van der Waals surface area contributed by atoms with E-state index >= 15 is 0 Å². The Kier molecular flexibility index (Phi) is 2.22. The monoisotopic (exact) mass is 189 g/mol. The van der Waals surface area contributed by atoms with Crippen molar-refractivity contribution in [3.8, 4) is 0 Å². The Bertz CT molecular complexity index is 161. The molecule has 1 aromatic rings. The molecule has 1 unspecified atom stereocenters. The van der Waals surface area contributed by atoms with Gasteiger partial charge in [-0.25, -0.2) is 0 Å². The number of aromatic nitrogens is 3. The standard InChI is InChI=1S/C5H8BrN3/c1-2-4(6)5-3-7-9-8-5/h3-4H,2H2,1H3,(H,7,8,9). The van der Waals surface area contributed by atoms with Gasteiger partial charge in [0, 0.05) is 0 Å². The highest BCUT2D eigenvalue weighted by Gasteiger charge is 2.05. The van der Waals surface area contributed by atoms with Crippen molar-refractivity contribution in [2.45, 2.75) is 18.2 Å². The number of halogens is 1. The van der Waals surface area contributed by atoms with Crippen LogP contribution in [-0.2, 0) is 0 Å². The van der Waals surface area contributed by atoms with E-state index in [4.69, 9.17) is 0 Å². The summed E-state index contributed by atoms with van der Waals surface area (Å²) >= 11 is 3.44. The zero-order valence-electron chi connectivity index (χ0n) is 5.13. The molecule has 0 aromatic carbocycles. The zero-order valence-corrected chi connectivity index (χ0v) is 6.72. The Balaban J connectivity index is 2.65. The first-order valence-electron chi connectivity index (χ1n) is 2.84. The fourth-order valence-corrected chi connectivity index (χ4v) is 0.791. The van der Waals surface area contributed by atoms with Crippen LogP contribution in [0.1, 0.15) is 23.9 Å². The summed E-state index contributed by atoms with van der Waals surface area (Å²) in [7, 11) is 0. The first-order valence-corrected chi connectivity index (χ1v) is 3.76. The molecule has 0 radical (unpaired) electrons. The van der Waals surface area contributed by atoms with E-state index in [0.717, 1.165) is 12.1 Å². The molecule has 9 heavy (non-hydrogen) atoms. The molecule has 1 rings (SSSR count). The summed E-state index contributed by atoms with van der Waals surface area (Å²) in [5.41, 5.74) is 0.970. The maximum Gasteiger partial charge on any atom is 0.0960 e. The Hall–Kier alpha value is -0.380. The number of alkyl halides is 1. The predicted molar refractivity (Wildman–Crippen MR) is 38.3 cm³/mol. The van der Waals surface area contributed by atoms with Crippen molar-refractivity contribution in [1.82, 2.24) is 15.4 Å². The molecular formula is C5H8BrN3. The Labute approximate surface area is 62.0 Å².